The molecular weight excluding hydrogens is 252 g/mol. The van der Waals surface area contributed by atoms with E-state index in [9.17, 15) is 5.11 Å². The molecule has 5 nitrogen and oxygen atoms in total. The highest BCUT2D eigenvalue weighted by molar-refractivity contribution is 5.48. The van der Waals surface area contributed by atoms with Crippen molar-refractivity contribution in [3.8, 4) is 0 Å². The van der Waals surface area contributed by atoms with Crippen LogP contribution in [0.5, 0.6) is 0 Å². The fourth-order valence-corrected chi connectivity index (χ4v) is 2.24. The zero-order valence-electron chi connectivity index (χ0n) is 12.7. The number of rotatable bonds is 8. The lowest BCUT2D eigenvalue weighted by Gasteiger charge is -2.22. The van der Waals surface area contributed by atoms with E-state index in [2.05, 4.69) is 41.4 Å². The van der Waals surface area contributed by atoms with Gasteiger partial charge < -0.3 is 15.7 Å². The van der Waals surface area contributed by atoms with Crippen molar-refractivity contribution >= 4 is 11.6 Å². The first-order valence-corrected chi connectivity index (χ1v) is 7.64. The average molecular weight is 278 g/mol. The van der Waals surface area contributed by atoms with Crippen molar-refractivity contribution in [2.45, 2.75) is 52.0 Å². The van der Waals surface area contributed by atoms with E-state index in [0.29, 0.717) is 11.8 Å². The molecule has 1 fully saturated rings. The van der Waals surface area contributed by atoms with Crippen molar-refractivity contribution in [2.24, 2.45) is 5.92 Å². The lowest BCUT2D eigenvalue weighted by molar-refractivity contribution is 0.267. The molecule has 0 amide bonds. The van der Waals surface area contributed by atoms with Crippen molar-refractivity contribution in [3.63, 3.8) is 0 Å². The van der Waals surface area contributed by atoms with E-state index >= 15 is 0 Å². The largest absolute Gasteiger partial charge is 0.396 e. The summed E-state index contributed by atoms with van der Waals surface area (Å²) >= 11 is 0. The van der Waals surface area contributed by atoms with Gasteiger partial charge in [0.15, 0.2) is 0 Å². The summed E-state index contributed by atoms with van der Waals surface area (Å²) < 4.78 is 0. The predicted molar refractivity (Wildman–Crippen MR) is 82.1 cm³/mol. The minimum absolute atomic E-state index is 0.191. The minimum atomic E-state index is 0.191. The molecule has 0 aliphatic heterocycles. The SMILES string of the molecule is CCNc1cc(NC(CCO)C(C)C)nc(C2CC2)n1. The molecular formula is C15H26N4O. The summed E-state index contributed by atoms with van der Waals surface area (Å²) in [7, 11) is 0. The van der Waals surface area contributed by atoms with Crippen LogP contribution in [0.2, 0.25) is 0 Å². The Balaban J connectivity index is 2.16. The number of nitrogens with zero attached hydrogens (tertiary/aromatic N) is 2. The highest BCUT2D eigenvalue weighted by Crippen LogP contribution is 2.38. The monoisotopic (exact) mass is 278 g/mol. The molecule has 0 aromatic carbocycles. The second kappa shape index (κ2) is 6.88. The quantitative estimate of drug-likeness (QED) is 0.682. The van der Waals surface area contributed by atoms with Gasteiger partial charge in [-0.05, 0) is 32.1 Å². The highest BCUT2D eigenvalue weighted by Gasteiger charge is 2.27. The Kier molecular flexibility index (Phi) is 5.17. The van der Waals surface area contributed by atoms with Gasteiger partial charge >= 0.3 is 0 Å². The maximum absolute atomic E-state index is 9.17. The molecule has 0 bridgehead atoms. The van der Waals surface area contributed by atoms with Crippen molar-refractivity contribution in [1.29, 1.82) is 0 Å². The number of aliphatic hydroxyl groups excluding tert-OH is 1. The van der Waals surface area contributed by atoms with Crippen LogP contribution >= 0.6 is 0 Å². The molecule has 1 heterocycles. The first-order valence-electron chi connectivity index (χ1n) is 7.64. The molecule has 1 aliphatic rings. The van der Waals surface area contributed by atoms with Gasteiger partial charge in [0.05, 0.1) is 0 Å². The van der Waals surface area contributed by atoms with E-state index in [1.165, 1.54) is 12.8 Å². The summed E-state index contributed by atoms with van der Waals surface area (Å²) in [4.78, 5) is 9.21. The Morgan fingerprint density at radius 1 is 1.30 bits per heavy atom. The summed E-state index contributed by atoms with van der Waals surface area (Å²) in [6.07, 6.45) is 3.12. The molecule has 1 unspecified atom stereocenters. The van der Waals surface area contributed by atoms with Crippen LogP contribution in [0.25, 0.3) is 0 Å². The highest BCUT2D eigenvalue weighted by atomic mass is 16.3. The Hall–Kier alpha value is -1.36. The first kappa shape index (κ1) is 15.0. The number of aromatic nitrogens is 2. The van der Waals surface area contributed by atoms with E-state index in [-0.39, 0.29) is 12.6 Å². The molecule has 1 aromatic heterocycles. The van der Waals surface area contributed by atoms with Crippen LogP contribution in [0.3, 0.4) is 0 Å². The van der Waals surface area contributed by atoms with Gasteiger partial charge in [-0.25, -0.2) is 9.97 Å². The fourth-order valence-electron chi connectivity index (χ4n) is 2.24. The molecule has 2 rings (SSSR count). The van der Waals surface area contributed by atoms with Gasteiger partial charge in [-0.3, -0.25) is 0 Å². The van der Waals surface area contributed by atoms with E-state index in [0.717, 1.165) is 30.4 Å². The van der Waals surface area contributed by atoms with Gasteiger partial charge in [-0.2, -0.15) is 0 Å². The van der Waals surface area contributed by atoms with Crippen LogP contribution < -0.4 is 10.6 Å². The lowest BCUT2D eigenvalue weighted by atomic mass is 10.0. The summed E-state index contributed by atoms with van der Waals surface area (Å²) in [5.41, 5.74) is 0. The molecule has 1 atom stereocenters. The van der Waals surface area contributed by atoms with Gasteiger partial charge in [0.25, 0.3) is 0 Å². The number of aliphatic hydroxyl groups is 1. The Morgan fingerprint density at radius 3 is 2.55 bits per heavy atom. The molecule has 1 aromatic rings. The van der Waals surface area contributed by atoms with Crippen molar-refractivity contribution in [1.82, 2.24) is 9.97 Å². The zero-order chi connectivity index (χ0) is 14.5. The summed E-state index contributed by atoms with van der Waals surface area (Å²) in [6, 6.07) is 2.19. The third-order valence-electron chi connectivity index (χ3n) is 3.62. The standard InChI is InChI=1S/C15H26N4O/c1-4-16-13-9-14(17-12(7-8-20)10(2)3)19-15(18-13)11-5-6-11/h9-12,20H,4-8H2,1-3H3,(H2,16,17,18,19). The Bertz CT molecular complexity index is 432. The molecule has 1 aliphatic carbocycles. The number of hydrogen-bond donors (Lipinski definition) is 3. The Morgan fingerprint density at radius 2 is 2.00 bits per heavy atom. The van der Waals surface area contributed by atoms with Gasteiger partial charge in [-0.15, -0.1) is 0 Å². The zero-order valence-corrected chi connectivity index (χ0v) is 12.7. The van der Waals surface area contributed by atoms with Crippen LogP contribution in [0.15, 0.2) is 6.07 Å². The van der Waals surface area contributed by atoms with Crippen molar-refractivity contribution in [3.05, 3.63) is 11.9 Å². The summed E-state index contributed by atoms with van der Waals surface area (Å²) in [5.74, 6) is 3.68. The minimum Gasteiger partial charge on any atom is -0.396 e. The second-order valence-corrected chi connectivity index (χ2v) is 5.81. The van der Waals surface area contributed by atoms with Gasteiger partial charge in [0, 0.05) is 31.2 Å². The van der Waals surface area contributed by atoms with Gasteiger partial charge in [0.2, 0.25) is 0 Å². The Labute approximate surface area is 121 Å². The predicted octanol–water partition coefficient (Wildman–Crippen LogP) is 2.60. The molecule has 5 heteroatoms. The van der Waals surface area contributed by atoms with Gasteiger partial charge in [-0.1, -0.05) is 13.8 Å². The maximum atomic E-state index is 9.17. The van der Waals surface area contributed by atoms with Crippen LogP contribution in [-0.4, -0.2) is 34.3 Å². The van der Waals surface area contributed by atoms with Crippen LogP contribution in [0, 0.1) is 5.92 Å². The van der Waals surface area contributed by atoms with Crippen molar-refractivity contribution in [2.75, 3.05) is 23.8 Å². The molecule has 0 radical (unpaired) electrons. The van der Waals surface area contributed by atoms with Crippen molar-refractivity contribution < 1.29 is 5.11 Å². The van der Waals surface area contributed by atoms with Gasteiger partial charge in [0.1, 0.15) is 17.5 Å². The van der Waals surface area contributed by atoms with Crippen LogP contribution in [0.4, 0.5) is 11.6 Å². The topological polar surface area (TPSA) is 70.1 Å². The third kappa shape index (κ3) is 4.07. The van der Waals surface area contributed by atoms with E-state index in [1.807, 2.05) is 6.07 Å². The number of anilines is 2. The first-order chi connectivity index (χ1) is 9.63. The molecule has 20 heavy (non-hydrogen) atoms. The van der Waals surface area contributed by atoms with E-state index < -0.39 is 0 Å². The average Bonchev–Trinajstić information content (AvgIpc) is 3.22. The lowest BCUT2D eigenvalue weighted by Crippen LogP contribution is -2.27. The molecule has 3 N–H and O–H groups in total. The summed E-state index contributed by atoms with van der Waals surface area (Å²) in [6.45, 7) is 7.42. The number of nitrogens with one attached hydrogen (secondary N) is 2. The fraction of sp³-hybridized carbons (Fsp3) is 0.733. The molecule has 0 saturated heterocycles. The second-order valence-electron chi connectivity index (χ2n) is 5.81. The maximum Gasteiger partial charge on any atom is 0.136 e. The molecule has 112 valence electrons. The third-order valence-corrected chi connectivity index (χ3v) is 3.62. The van der Waals surface area contributed by atoms with E-state index in [1.54, 1.807) is 0 Å². The molecule has 0 spiro atoms. The normalized spacial score (nSPS) is 16.2. The van der Waals surface area contributed by atoms with Crippen LogP contribution in [-0.2, 0) is 0 Å². The van der Waals surface area contributed by atoms with Crippen LogP contribution in [0.1, 0.15) is 51.8 Å². The molecule has 1 saturated carbocycles. The number of hydrogen-bond acceptors (Lipinski definition) is 5. The van der Waals surface area contributed by atoms with E-state index in [4.69, 9.17) is 0 Å². The smallest absolute Gasteiger partial charge is 0.136 e. The summed E-state index contributed by atoms with van der Waals surface area (Å²) in [5, 5.41) is 15.9.